The minimum Gasteiger partial charge on any atom is -0.378 e. The Morgan fingerprint density at radius 1 is 0.800 bits per heavy atom. The predicted molar refractivity (Wildman–Crippen MR) is 119 cm³/mol. The highest BCUT2D eigenvalue weighted by Gasteiger charge is 2.40. The van der Waals surface area contributed by atoms with Gasteiger partial charge in [0.25, 0.3) is 11.8 Å². The summed E-state index contributed by atoms with van der Waals surface area (Å²) in [6.07, 6.45) is 0. The van der Waals surface area contributed by atoms with Gasteiger partial charge < -0.3 is 4.90 Å². The van der Waals surface area contributed by atoms with E-state index >= 15 is 0 Å². The number of rotatable bonds is 5. The maximum Gasteiger partial charge on any atom is 0.272 e. The second kappa shape index (κ2) is 8.16. The third-order valence-electron chi connectivity index (χ3n) is 4.76. The number of thioether (sulfide) groups is 1. The Labute approximate surface area is 178 Å². The zero-order chi connectivity index (χ0) is 21.3. The minimum atomic E-state index is -0.414. The molecule has 2 amide bonds. The van der Waals surface area contributed by atoms with Crippen molar-refractivity contribution in [1.29, 1.82) is 0 Å². The molecule has 0 fully saturated rings. The number of benzene rings is 3. The van der Waals surface area contributed by atoms with Crippen molar-refractivity contribution >= 4 is 40.5 Å². The summed E-state index contributed by atoms with van der Waals surface area (Å²) >= 11 is 1.24. The van der Waals surface area contributed by atoms with E-state index in [2.05, 4.69) is 0 Å². The fourth-order valence-electron chi connectivity index (χ4n) is 3.22. The topological polar surface area (TPSA) is 40.6 Å². The van der Waals surface area contributed by atoms with Crippen molar-refractivity contribution in [2.24, 2.45) is 0 Å². The summed E-state index contributed by atoms with van der Waals surface area (Å²) in [6.45, 7) is 0. The summed E-state index contributed by atoms with van der Waals surface area (Å²) in [7, 11) is 3.84. The lowest BCUT2D eigenvalue weighted by Gasteiger charge is -2.17. The Kier molecular flexibility index (Phi) is 5.42. The Morgan fingerprint density at radius 2 is 1.43 bits per heavy atom. The van der Waals surface area contributed by atoms with Crippen LogP contribution >= 0.6 is 11.8 Å². The quantitative estimate of drug-likeness (QED) is 0.549. The molecule has 0 aliphatic carbocycles. The molecule has 0 N–H and O–H groups in total. The standard InChI is InChI=1S/C24H19FN2O2S/c1-26(2)18-12-14-19(15-13-18)27-23(28)21(16-8-10-17(25)11-9-16)22(24(27)29)30-20-6-4-3-5-7-20/h3-15H,1-2H3. The van der Waals surface area contributed by atoms with Gasteiger partial charge >= 0.3 is 0 Å². The van der Waals surface area contributed by atoms with Gasteiger partial charge in [-0.15, -0.1) is 0 Å². The molecule has 0 aromatic heterocycles. The fraction of sp³-hybridized carbons (Fsp3) is 0.0833. The molecule has 0 radical (unpaired) electrons. The first kappa shape index (κ1) is 19.9. The van der Waals surface area contributed by atoms with Crippen molar-refractivity contribution in [3.8, 4) is 0 Å². The molecule has 0 spiro atoms. The number of carbonyl (C=O) groups is 2. The average molecular weight is 418 g/mol. The van der Waals surface area contributed by atoms with Crippen LogP contribution in [0.1, 0.15) is 5.56 Å². The highest BCUT2D eigenvalue weighted by molar-refractivity contribution is 8.04. The lowest BCUT2D eigenvalue weighted by molar-refractivity contribution is -0.119. The highest BCUT2D eigenvalue weighted by Crippen LogP contribution is 2.41. The Morgan fingerprint density at radius 3 is 2.03 bits per heavy atom. The van der Waals surface area contributed by atoms with E-state index < -0.39 is 11.7 Å². The third-order valence-corrected chi connectivity index (χ3v) is 5.85. The SMILES string of the molecule is CN(C)c1ccc(N2C(=O)C(Sc3ccccc3)=C(c3ccc(F)cc3)C2=O)cc1. The molecule has 0 bridgehead atoms. The van der Waals surface area contributed by atoms with E-state index in [0.29, 0.717) is 16.2 Å². The van der Waals surface area contributed by atoms with Gasteiger partial charge in [-0.05, 0) is 54.1 Å². The van der Waals surface area contributed by atoms with Gasteiger partial charge in [0.15, 0.2) is 0 Å². The normalized spacial score (nSPS) is 13.9. The monoisotopic (exact) mass is 418 g/mol. The molecule has 3 aromatic carbocycles. The molecule has 1 aliphatic heterocycles. The van der Waals surface area contributed by atoms with Gasteiger partial charge in [0.2, 0.25) is 0 Å². The Bertz CT molecular complexity index is 1120. The lowest BCUT2D eigenvalue weighted by Crippen LogP contribution is -2.31. The van der Waals surface area contributed by atoms with Crippen molar-refractivity contribution in [2.45, 2.75) is 4.90 Å². The molecule has 1 heterocycles. The maximum atomic E-state index is 13.4. The first-order valence-corrected chi connectivity index (χ1v) is 10.2. The summed E-state index contributed by atoms with van der Waals surface area (Å²) in [5.41, 5.74) is 2.26. The smallest absolute Gasteiger partial charge is 0.272 e. The zero-order valence-corrected chi connectivity index (χ0v) is 17.3. The van der Waals surface area contributed by atoms with E-state index in [1.54, 1.807) is 12.1 Å². The van der Waals surface area contributed by atoms with E-state index in [0.717, 1.165) is 10.6 Å². The van der Waals surface area contributed by atoms with Crippen LogP contribution in [0.25, 0.3) is 5.57 Å². The number of amides is 2. The summed E-state index contributed by atoms with van der Waals surface area (Å²) < 4.78 is 13.4. The molecule has 0 saturated carbocycles. The second-order valence-corrected chi connectivity index (χ2v) is 8.07. The van der Waals surface area contributed by atoms with Gasteiger partial charge in [0.1, 0.15) is 5.82 Å². The summed E-state index contributed by atoms with van der Waals surface area (Å²) in [5.74, 6) is -1.20. The molecule has 4 nitrogen and oxygen atoms in total. The van der Waals surface area contributed by atoms with Crippen LogP contribution in [0.2, 0.25) is 0 Å². The Hall–Kier alpha value is -3.38. The molecule has 4 rings (SSSR count). The van der Waals surface area contributed by atoms with Crippen molar-refractivity contribution in [2.75, 3.05) is 23.9 Å². The molecule has 6 heteroatoms. The third kappa shape index (κ3) is 3.74. The number of hydrogen-bond donors (Lipinski definition) is 0. The van der Waals surface area contributed by atoms with Crippen LogP contribution in [0.5, 0.6) is 0 Å². The molecule has 1 aliphatic rings. The highest BCUT2D eigenvalue weighted by atomic mass is 32.2. The molecule has 0 atom stereocenters. The van der Waals surface area contributed by atoms with Crippen molar-refractivity contribution in [3.05, 3.63) is 95.1 Å². The molecule has 150 valence electrons. The predicted octanol–water partition coefficient (Wildman–Crippen LogP) is 4.97. The summed E-state index contributed by atoms with van der Waals surface area (Å²) in [6, 6.07) is 22.3. The van der Waals surface area contributed by atoms with Crippen molar-refractivity contribution in [3.63, 3.8) is 0 Å². The van der Waals surface area contributed by atoms with Crippen molar-refractivity contribution < 1.29 is 14.0 Å². The molecular formula is C24H19FN2O2S. The van der Waals surface area contributed by atoms with Gasteiger partial charge in [-0.3, -0.25) is 9.59 Å². The number of carbonyl (C=O) groups excluding carboxylic acids is 2. The van der Waals surface area contributed by atoms with Gasteiger partial charge in [-0.1, -0.05) is 42.1 Å². The fourth-order valence-corrected chi connectivity index (χ4v) is 4.23. The van der Waals surface area contributed by atoms with Gasteiger partial charge in [0.05, 0.1) is 16.2 Å². The average Bonchev–Trinajstić information content (AvgIpc) is 2.99. The largest absolute Gasteiger partial charge is 0.378 e. The van der Waals surface area contributed by atoms with E-state index in [1.165, 1.54) is 40.9 Å². The molecule has 30 heavy (non-hydrogen) atoms. The van der Waals surface area contributed by atoms with E-state index in [4.69, 9.17) is 0 Å². The molecule has 0 unspecified atom stereocenters. The maximum absolute atomic E-state index is 13.4. The first-order valence-electron chi connectivity index (χ1n) is 9.35. The minimum absolute atomic E-state index is 0.283. The van der Waals surface area contributed by atoms with Crippen molar-refractivity contribution in [1.82, 2.24) is 0 Å². The van der Waals surface area contributed by atoms with Crippen LogP contribution in [-0.2, 0) is 9.59 Å². The van der Waals surface area contributed by atoms with Crippen LogP contribution in [0.3, 0.4) is 0 Å². The van der Waals surface area contributed by atoms with Crippen LogP contribution in [0, 0.1) is 5.82 Å². The summed E-state index contributed by atoms with van der Waals surface area (Å²) in [5, 5.41) is 0. The van der Waals surface area contributed by atoms with Crippen LogP contribution < -0.4 is 9.80 Å². The van der Waals surface area contributed by atoms with E-state index in [-0.39, 0.29) is 11.5 Å². The molecule has 3 aromatic rings. The number of imide groups is 1. The second-order valence-electron chi connectivity index (χ2n) is 6.98. The van der Waals surface area contributed by atoms with Gasteiger partial charge in [0, 0.05) is 24.7 Å². The number of hydrogen-bond acceptors (Lipinski definition) is 4. The number of nitrogens with zero attached hydrogens (tertiary/aromatic N) is 2. The lowest BCUT2D eigenvalue weighted by atomic mass is 10.1. The van der Waals surface area contributed by atoms with Crippen LogP contribution in [0.15, 0.2) is 88.7 Å². The first-order chi connectivity index (χ1) is 14.5. The Balaban J connectivity index is 1.78. The van der Waals surface area contributed by atoms with Crippen LogP contribution in [0.4, 0.5) is 15.8 Å². The molecule has 0 saturated heterocycles. The van der Waals surface area contributed by atoms with E-state index in [1.807, 2.05) is 61.5 Å². The van der Waals surface area contributed by atoms with E-state index in [9.17, 15) is 14.0 Å². The van der Waals surface area contributed by atoms with Gasteiger partial charge in [-0.25, -0.2) is 9.29 Å². The molecular weight excluding hydrogens is 399 g/mol. The van der Waals surface area contributed by atoms with Gasteiger partial charge in [-0.2, -0.15) is 0 Å². The number of halogens is 1. The zero-order valence-electron chi connectivity index (χ0n) is 16.5. The summed E-state index contributed by atoms with van der Waals surface area (Å²) in [4.78, 5) is 31.0. The number of anilines is 2. The van der Waals surface area contributed by atoms with Crippen LogP contribution in [-0.4, -0.2) is 25.9 Å².